The maximum Gasteiger partial charge on any atom is 0.171 e. The fourth-order valence-electron chi connectivity index (χ4n) is 2.03. The molecule has 1 heterocycles. The van der Waals surface area contributed by atoms with Crippen LogP contribution in [0.1, 0.15) is 5.56 Å². The Morgan fingerprint density at radius 3 is 2.80 bits per heavy atom. The van der Waals surface area contributed by atoms with Gasteiger partial charge in [0.05, 0.1) is 18.1 Å². The second-order valence-corrected chi connectivity index (χ2v) is 5.58. The molecule has 3 N–H and O–H groups in total. The van der Waals surface area contributed by atoms with Crippen molar-refractivity contribution in [3.63, 3.8) is 0 Å². The first-order valence-corrected chi connectivity index (χ1v) is 7.05. The summed E-state index contributed by atoms with van der Waals surface area (Å²) in [7, 11) is 1.66. The SMILES string of the molecule is COc1ccc2nc(Sc3ccc(N)cc3C)[nH]c2c1. The van der Waals surface area contributed by atoms with E-state index in [9.17, 15) is 0 Å². The number of nitrogens with zero attached hydrogens (tertiary/aromatic N) is 1. The van der Waals surface area contributed by atoms with Gasteiger partial charge >= 0.3 is 0 Å². The van der Waals surface area contributed by atoms with E-state index in [0.717, 1.165) is 38.1 Å². The number of hydrogen-bond acceptors (Lipinski definition) is 4. The quantitative estimate of drug-likeness (QED) is 0.721. The van der Waals surface area contributed by atoms with Gasteiger partial charge in [0, 0.05) is 16.6 Å². The number of anilines is 1. The van der Waals surface area contributed by atoms with Gasteiger partial charge in [-0.1, -0.05) is 11.8 Å². The molecule has 0 unspecified atom stereocenters. The monoisotopic (exact) mass is 285 g/mol. The molecule has 0 saturated carbocycles. The van der Waals surface area contributed by atoms with Gasteiger partial charge in [-0.15, -0.1) is 0 Å². The Morgan fingerprint density at radius 1 is 1.20 bits per heavy atom. The topological polar surface area (TPSA) is 63.9 Å². The standard InChI is InChI=1S/C15H15N3OS/c1-9-7-10(16)3-6-14(9)20-15-17-12-5-4-11(19-2)8-13(12)18-15/h3-8H,16H2,1-2H3,(H,17,18). The third-order valence-electron chi connectivity index (χ3n) is 3.07. The first kappa shape index (κ1) is 12.9. The summed E-state index contributed by atoms with van der Waals surface area (Å²) in [5.74, 6) is 0.821. The van der Waals surface area contributed by atoms with Crippen LogP contribution in [0.2, 0.25) is 0 Å². The number of H-pyrrole nitrogens is 1. The van der Waals surface area contributed by atoms with E-state index in [4.69, 9.17) is 10.5 Å². The van der Waals surface area contributed by atoms with E-state index in [1.807, 2.05) is 43.3 Å². The number of aryl methyl sites for hydroxylation is 1. The van der Waals surface area contributed by atoms with Crippen LogP contribution in [0.15, 0.2) is 46.5 Å². The summed E-state index contributed by atoms with van der Waals surface area (Å²) in [6.45, 7) is 2.05. The highest BCUT2D eigenvalue weighted by Gasteiger charge is 2.07. The van der Waals surface area contributed by atoms with Crippen molar-refractivity contribution in [1.82, 2.24) is 9.97 Å². The maximum absolute atomic E-state index is 5.77. The summed E-state index contributed by atoms with van der Waals surface area (Å²) in [4.78, 5) is 9.01. The van der Waals surface area contributed by atoms with Gasteiger partial charge in [0.15, 0.2) is 5.16 Å². The lowest BCUT2D eigenvalue weighted by Crippen LogP contribution is -1.87. The van der Waals surface area contributed by atoms with E-state index in [1.54, 1.807) is 18.9 Å². The van der Waals surface area contributed by atoms with Gasteiger partial charge < -0.3 is 15.5 Å². The van der Waals surface area contributed by atoms with E-state index < -0.39 is 0 Å². The number of imidazole rings is 1. The highest BCUT2D eigenvalue weighted by atomic mass is 32.2. The smallest absolute Gasteiger partial charge is 0.171 e. The van der Waals surface area contributed by atoms with Crippen molar-refractivity contribution in [3.8, 4) is 5.75 Å². The van der Waals surface area contributed by atoms with Crippen LogP contribution in [-0.2, 0) is 0 Å². The number of hydrogen-bond donors (Lipinski definition) is 2. The average molecular weight is 285 g/mol. The normalized spacial score (nSPS) is 10.9. The molecule has 0 aliphatic rings. The molecule has 0 atom stereocenters. The molecule has 102 valence electrons. The number of rotatable bonds is 3. The number of nitrogen functional groups attached to an aromatic ring is 1. The predicted octanol–water partition coefficient (Wildman–Crippen LogP) is 3.61. The van der Waals surface area contributed by atoms with Crippen molar-refractivity contribution in [2.45, 2.75) is 17.0 Å². The number of nitrogens with one attached hydrogen (secondary N) is 1. The summed E-state index contributed by atoms with van der Waals surface area (Å²) < 4.78 is 5.21. The van der Waals surface area contributed by atoms with Crippen LogP contribution >= 0.6 is 11.8 Å². The number of aromatic nitrogens is 2. The third kappa shape index (κ3) is 2.44. The Hall–Kier alpha value is -2.14. The molecular formula is C15H15N3OS. The largest absolute Gasteiger partial charge is 0.497 e. The number of fused-ring (bicyclic) bond motifs is 1. The van der Waals surface area contributed by atoms with Gasteiger partial charge in [-0.25, -0.2) is 4.98 Å². The van der Waals surface area contributed by atoms with Gasteiger partial charge in [0.2, 0.25) is 0 Å². The molecule has 5 heteroatoms. The van der Waals surface area contributed by atoms with Crippen LogP contribution in [0.25, 0.3) is 11.0 Å². The van der Waals surface area contributed by atoms with Crippen molar-refractivity contribution in [2.24, 2.45) is 0 Å². The second-order valence-electron chi connectivity index (χ2n) is 4.55. The zero-order valence-corrected chi connectivity index (χ0v) is 12.1. The molecule has 4 nitrogen and oxygen atoms in total. The summed E-state index contributed by atoms with van der Waals surface area (Å²) in [6.07, 6.45) is 0. The Balaban J connectivity index is 1.94. The molecule has 1 aromatic heterocycles. The van der Waals surface area contributed by atoms with Crippen molar-refractivity contribution >= 4 is 28.5 Å². The van der Waals surface area contributed by atoms with Crippen LogP contribution in [0.5, 0.6) is 5.75 Å². The molecule has 2 aromatic carbocycles. The second kappa shape index (κ2) is 5.09. The van der Waals surface area contributed by atoms with Crippen LogP contribution in [0.4, 0.5) is 5.69 Å². The molecular weight excluding hydrogens is 270 g/mol. The molecule has 0 fully saturated rings. The molecule has 0 aliphatic carbocycles. The fraction of sp³-hybridized carbons (Fsp3) is 0.133. The van der Waals surface area contributed by atoms with E-state index in [2.05, 4.69) is 9.97 Å². The van der Waals surface area contributed by atoms with Gasteiger partial charge in [-0.3, -0.25) is 0 Å². The Bertz CT molecular complexity index is 767. The summed E-state index contributed by atoms with van der Waals surface area (Å²) in [5, 5.41) is 0.862. The van der Waals surface area contributed by atoms with Gasteiger partial charge in [-0.05, 0) is 42.8 Å². The number of nitrogens with two attached hydrogens (primary N) is 1. The molecule has 20 heavy (non-hydrogen) atoms. The lowest BCUT2D eigenvalue weighted by molar-refractivity contribution is 0.415. The molecule has 0 spiro atoms. The lowest BCUT2D eigenvalue weighted by atomic mass is 10.2. The van der Waals surface area contributed by atoms with Crippen LogP contribution in [0.3, 0.4) is 0 Å². The molecule has 3 aromatic rings. The fourth-order valence-corrected chi connectivity index (χ4v) is 2.90. The van der Waals surface area contributed by atoms with Crippen LogP contribution < -0.4 is 10.5 Å². The highest BCUT2D eigenvalue weighted by molar-refractivity contribution is 7.99. The Kier molecular flexibility index (Phi) is 3.28. The Morgan fingerprint density at radius 2 is 2.05 bits per heavy atom. The van der Waals surface area contributed by atoms with Crippen molar-refractivity contribution < 1.29 is 4.74 Å². The molecule has 3 rings (SSSR count). The number of aromatic amines is 1. The minimum atomic E-state index is 0.779. The van der Waals surface area contributed by atoms with Crippen molar-refractivity contribution in [1.29, 1.82) is 0 Å². The molecule has 0 bridgehead atoms. The maximum atomic E-state index is 5.77. The van der Waals surface area contributed by atoms with Crippen molar-refractivity contribution in [3.05, 3.63) is 42.0 Å². The number of ether oxygens (including phenoxy) is 1. The molecule has 0 saturated heterocycles. The average Bonchev–Trinajstić information content (AvgIpc) is 2.83. The van der Waals surface area contributed by atoms with Crippen LogP contribution in [-0.4, -0.2) is 17.1 Å². The molecule has 0 aliphatic heterocycles. The Labute approximate surface area is 121 Å². The third-order valence-corrected chi connectivity index (χ3v) is 4.14. The zero-order valence-electron chi connectivity index (χ0n) is 11.3. The lowest BCUT2D eigenvalue weighted by Gasteiger charge is -2.03. The van der Waals surface area contributed by atoms with E-state index in [1.165, 1.54) is 0 Å². The van der Waals surface area contributed by atoms with Gasteiger partial charge in [0.25, 0.3) is 0 Å². The number of benzene rings is 2. The van der Waals surface area contributed by atoms with Crippen LogP contribution in [0, 0.1) is 6.92 Å². The van der Waals surface area contributed by atoms with E-state index in [-0.39, 0.29) is 0 Å². The highest BCUT2D eigenvalue weighted by Crippen LogP contribution is 2.31. The van der Waals surface area contributed by atoms with E-state index in [0.29, 0.717) is 0 Å². The number of methoxy groups -OCH3 is 1. The zero-order chi connectivity index (χ0) is 14.1. The summed E-state index contributed by atoms with van der Waals surface area (Å²) in [5.41, 5.74) is 9.60. The summed E-state index contributed by atoms with van der Waals surface area (Å²) in [6, 6.07) is 11.7. The minimum Gasteiger partial charge on any atom is -0.497 e. The first-order chi connectivity index (χ1) is 9.65. The minimum absolute atomic E-state index is 0.779. The first-order valence-electron chi connectivity index (χ1n) is 6.23. The van der Waals surface area contributed by atoms with Gasteiger partial charge in [0.1, 0.15) is 5.75 Å². The van der Waals surface area contributed by atoms with E-state index >= 15 is 0 Å². The molecule has 0 amide bonds. The van der Waals surface area contributed by atoms with Crippen molar-refractivity contribution in [2.75, 3.05) is 12.8 Å². The molecule has 0 radical (unpaired) electrons. The predicted molar refractivity (Wildman–Crippen MR) is 82.4 cm³/mol. The summed E-state index contributed by atoms with van der Waals surface area (Å²) >= 11 is 1.60. The van der Waals surface area contributed by atoms with Gasteiger partial charge in [-0.2, -0.15) is 0 Å².